The Morgan fingerprint density at radius 1 is 1.11 bits per heavy atom. The molecule has 3 aliphatic rings. The summed E-state index contributed by atoms with van der Waals surface area (Å²) in [5, 5.41) is 14.0. The van der Waals surface area contributed by atoms with Crippen LogP contribution in [-0.2, 0) is 6.18 Å². The molecule has 2 saturated heterocycles. The smallest absolute Gasteiger partial charge is 0.387 e. The average molecular weight is 490 g/mol. The number of hydrogen-bond acceptors (Lipinski definition) is 5. The van der Waals surface area contributed by atoms with Gasteiger partial charge in [0.25, 0.3) is 0 Å². The number of likely N-dealkylation sites (tertiary alicyclic amines) is 1. The third kappa shape index (κ3) is 4.73. The number of piperidine rings is 2. The van der Waals surface area contributed by atoms with Gasteiger partial charge in [0.15, 0.2) is 5.82 Å². The highest BCUT2D eigenvalue weighted by Gasteiger charge is 2.50. The second kappa shape index (κ2) is 9.26. The molecule has 2 N–H and O–H groups in total. The first-order valence-electron chi connectivity index (χ1n) is 12.6. The molecule has 2 unspecified atom stereocenters. The third-order valence-corrected chi connectivity index (χ3v) is 7.79. The molecule has 2 atom stereocenters. The molecule has 1 aromatic carbocycles. The first-order valence-corrected chi connectivity index (χ1v) is 12.6. The minimum absolute atomic E-state index is 0.0364. The number of nitrogens with zero attached hydrogens (tertiary/aromatic N) is 3. The third-order valence-electron chi connectivity index (χ3n) is 7.79. The minimum atomic E-state index is -4.46. The topological polar surface area (TPSA) is 75.1 Å². The fourth-order valence-electron chi connectivity index (χ4n) is 5.85. The van der Waals surface area contributed by atoms with Crippen LogP contribution in [-0.4, -0.2) is 63.8 Å². The van der Waals surface area contributed by atoms with Gasteiger partial charge in [-0.15, -0.1) is 0 Å². The number of halogens is 3. The molecule has 1 amide bonds. The van der Waals surface area contributed by atoms with E-state index >= 15 is 0 Å². The molecule has 2 aromatic rings. The van der Waals surface area contributed by atoms with Crippen molar-refractivity contribution < 1.29 is 27.6 Å². The van der Waals surface area contributed by atoms with Crippen LogP contribution >= 0.6 is 0 Å². The second-order valence-electron chi connectivity index (χ2n) is 10.3. The van der Waals surface area contributed by atoms with Gasteiger partial charge in [0.2, 0.25) is 0 Å². The molecule has 188 valence electrons. The van der Waals surface area contributed by atoms with Gasteiger partial charge in [-0.05, 0) is 44.7 Å². The molecule has 3 heterocycles. The number of quaternary nitrogens is 1. The van der Waals surface area contributed by atoms with Crippen molar-refractivity contribution in [1.29, 1.82) is 0 Å². The number of benzene rings is 1. The summed E-state index contributed by atoms with van der Waals surface area (Å²) in [5.74, 6) is 0.299. The lowest BCUT2D eigenvalue weighted by atomic mass is 9.92. The predicted molar refractivity (Wildman–Crippen MR) is 125 cm³/mol. The zero-order chi connectivity index (χ0) is 24.8. The summed E-state index contributed by atoms with van der Waals surface area (Å²) in [5.41, 5.74) is 1.21. The highest BCUT2D eigenvalue weighted by Crippen LogP contribution is 2.43. The molecule has 5 rings (SSSR count). The van der Waals surface area contributed by atoms with E-state index in [9.17, 15) is 23.1 Å². The summed E-state index contributed by atoms with van der Waals surface area (Å²) in [6.45, 7) is 4.51. The summed E-state index contributed by atoms with van der Waals surface area (Å²) < 4.78 is 40.1. The summed E-state index contributed by atoms with van der Waals surface area (Å²) in [6, 6.07) is 5.15. The first-order chi connectivity index (χ1) is 16.7. The van der Waals surface area contributed by atoms with Crippen molar-refractivity contribution in [3.63, 3.8) is 0 Å². The Balaban J connectivity index is 1.59. The molecule has 35 heavy (non-hydrogen) atoms. The van der Waals surface area contributed by atoms with Crippen LogP contribution in [0.5, 0.6) is 0 Å². The van der Waals surface area contributed by atoms with Gasteiger partial charge < -0.3 is 10.4 Å². The Hall–Kier alpha value is -2.36. The number of aromatic nitrogens is 2. The number of amides is 1. The molecule has 1 aromatic heterocycles. The number of aliphatic hydroxyl groups is 1. The minimum Gasteiger partial charge on any atom is -0.387 e. The summed E-state index contributed by atoms with van der Waals surface area (Å²) >= 11 is 0. The van der Waals surface area contributed by atoms with Crippen molar-refractivity contribution >= 4 is 5.91 Å². The van der Waals surface area contributed by atoms with Gasteiger partial charge in [0.1, 0.15) is 18.2 Å². The molecule has 2 aliphatic heterocycles. The van der Waals surface area contributed by atoms with Crippen molar-refractivity contribution in [3.05, 3.63) is 46.8 Å². The second-order valence-corrected chi connectivity index (χ2v) is 10.3. The van der Waals surface area contributed by atoms with Crippen molar-refractivity contribution in [1.82, 2.24) is 15.3 Å². The van der Waals surface area contributed by atoms with Gasteiger partial charge in [-0.25, -0.2) is 14.8 Å². The Morgan fingerprint density at radius 3 is 2.51 bits per heavy atom. The number of hydrogen-bond donors (Lipinski definition) is 2. The van der Waals surface area contributed by atoms with Crippen molar-refractivity contribution in [3.8, 4) is 11.4 Å². The van der Waals surface area contributed by atoms with E-state index in [1.807, 2.05) is 0 Å². The summed E-state index contributed by atoms with van der Waals surface area (Å²) in [7, 11) is 0. The highest BCUT2D eigenvalue weighted by molar-refractivity contribution is 5.92. The molecule has 0 spiro atoms. The van der Waals surface area contributed by atoms with Crippen LogP contribution < -0.4 is 5.32 Å². The summed E-state index contributed by atoms with van der Waals surface area (Å²) in [6.07, 6.45) is -0.00354. The predicted octanol–water partition coefficient (Wildman–Crippen LogP) is 4.21. The van der Waals surface area contributed by atoms with Gasteiger partial charge in [-0.3, -0.25) is 4.48 Å². The quantitative estimate of drug-likeness (QED) is 0.630. The van der Waals surface area contributed by atoms with Gasteiger partial charge >= 0.3 is 12.1 Å². The van der Waals surface area contributed by atoms with E-state index < -0.39 is 17.8 Å². The Bertz CT molecular complexity index is 1110. The molecule has 1 aliphatic carbocycles. The maximum atomic E-state index is 14.4. The fourth-order valence-corrected chi connectivity index (χ4v) is 5.85. The van der Waals surface area contributed by atoms with Crippen LogP contribution in [0.3, 0.4) is 0 Å². The van der Waals surface area contributed by atoms with Crippen molar-refractivity contribution in [2.45, 2.75) is 69.7 Å². The van der Waals surface area contributed by atoms with Gasteiger partial charge in [0, 0.05) is 37.4 Å². The van der Waals surface area contributed by atoms with Crippen LogP contribution in [0.1, 0.15) is 71.8 Å². The fraction of sp³-hybridized carbons (Fsp3) is 0.577. The zero-order valence-electron chi connectivity index (χ0n) is 19.9. The van der Waals surface area contributed by atoms with E-state index in [4.69, 9.17) is 4.98 Å². The Kier molecular flexibility index (Phi) is 6.44. The number of carbonyl (C=O) groups is 1. The molecule has 9 heteroatoms. The first kappa shape index (κ1) is 24.3. The number of nitrogens with one attached hydrogen (secondary N) is 1. The van der Waals surface area contributed by atoms with E-state index in [1.165, 1.54) is 6.07 Å². The highest BCUT2D eigenvalue weighted by atomic mass is 19.4. The molecule has 3 fully saturated rings. The van der Waals surface area contributed by atoms with E-state index in [1.54, 1.807) is 13.0 Å². The maximum absolute atomic E-state index is 14.4. The Morgan fingerprint density at radius 2 is 1.86 bits per heavy atom. The number of alkyl halides is 3. The summed E-state index contributed by atoms with van der Waals surface area (Å²) in [4.78, 5) is 23.7. The standard InChI is InChI=1S/C26H32F3N4O2/c1-16-22(25(35)33(13-3-6-21(34)15-33)20-9-11-30-12-10-20)23(17-7-8-17)32-24(31-16)18-4-2-5-19(14-18)26(27,28)29/h2,4-5,14,17,20-21,30,34H,3,6-13,15H2,1H3/q+1. The van der Waals surface area contributed by atoms with E-state index in [-0.39, 0.29) is 28.2 Å². The Labute approximate surface area is 203 Å². The van der Waals surface area contributed by atoms with Crippen LogP contribution in [0, 0.1) is 6.92 Å². The van der Waals surface area contributed by atoms with Gasteiger partial charge in [-0.2, -0.15) is 13.2 Å². The lowest BCUT2D eigenvalue weighted by molar-refractivity contribution is -0.884. The zero-order valence-corrected chi connectivity index (χ0v) is 19.9. The van der Waals surface area contributed by atoms with Gasteiger partial charge in [0.05, 0.1) is 29.5 Å². The molecule has 1 saturated carbocycles. The molecule has 0 radical (unpaired) electrons. The number of aliphatic hydroxyl groups excluding tert-OH is 1. The van der Waals surface area contributed by atoms with Crippen molar-refractivity contribution in [2.24, 2.45) is 0 Å². The molecule has 6 nitrogen and oxygen atoms in total. The van der Waals surface area contributed by atoms with Crippen LogP contribution in [0.25, 0.3) is 11.4 Å². The lowest BCUT2D eigenvalue weighted by Crippen LogP contribution is -2.66. The van der Waals surface area contributed by atoms with Gasteiger partial charge in [-0.1, -0.05) is 12.1 Å². The largest absolute Gasteiger partial charge is 0.416 e. The number of aryl methyl sites for hydroxylation is 1. The number of carbonyl (C=O) groups excluding carboxylic acids is 1. The lowest BCUT2D eigenvalue weighted by Gasteiger charge is -2.47. The average Bonchev–Trinajstić information content (AvgIpc) is 3.69. The van der Waals surface area contributed by atoms with E-state index in [0.717, 1.165) is 57.3 Å². The number of rotatable bonds is 4. The van der Waals surface area contributed by atoms with Crippen LogP contribution in [0.15, 0.2) is 24.3 Å². The van der Waals surface area contributed by atoms with Crippen molar-refractivity contribution in [2.75, 3.05) is 26.2 Å². The SMILES string of the molecule is Cc1nc(-c2cccc(C(F)(F)F)c2)nc(C2CC2)c1C(=O)[N+]1(C2CCNCC2)CCCC(O)C1. The van der Waals surface area contributed by atoms with E-state index in [2.05, 4.69) is 10.3 Å². The molecule has 0 bridgehead atoms. The van der Waals surface area contributed by atoms with E-state index in [0.29, 0.717) is 42.0 Å². The van der Waals surface area contributed by atoms with Crippen LogP contribution in [0.2, 0.25) is 0 Å². The monoisotopic (exact) mass is 489 g/mol. The maximum Gasteiger partial charge on any atom is 0.416 e. The molecular weight excluding hydrogens is 457 g/mol. The molecular formula is C26H32F3N4O2+. The normalized spacial score (nSPS) is 26.0. The van der Waals surface area contributed by atoms with Crippen LogP contribution in [0.4, 0.5) is 13.2 Å².